The molecule has 2 N–H and O–H groups in total. The number of fused-ring (bicyclic) bond motifs is 1. The van der Waals surface area contributed by atoms with Crippen molar-refractivity contribution >= 4 is 11.9 Å². The van der Waals surface area contributed by atoms with E-state index < -0.39 is 12.0 Å². The maximum atomic E-state index is 12.6. The summed E-state index contributed by atoms with van der Waals surface area (Å²) in [6.45, 7) is 3.32. The summed E-state index contributed by atoms with van der Waals surface area (Å²) in [5.74, 6) is 0.396. The average Bonchev–Trinajstić information content (AvgIpc) is 2.67. The van der Waals surface area contributed by atoms with E-state index in [4.69, 9.17) is 14.2 Å². The first-order valence-electron chi connectivity index (χ1n) is 8.72. The molecule has 3 rings (SSSR count). The van der Waals surface area contributed by atoms with E-state index in [1.165, 1.54) is 0 Å². The number of hydrogen-bond acceptors (Lipinski definition) is 5. The molecule has 1 aliphatic rings. The monoisotopic (exact) mass is 371 g/mol. The van der Waals surface area contributed by atoms with Crippen molar-refractivity contribution in [2.45, 2.75) is 19.4 Å². The van der Waals surface area contributed by atoms with Gasteiger partial charge < -0.3 is 24.6 Å². The smallest absolute Gasteiger partial charge is 0.305 e. The molecule has 0 bridgehead atoms. The second kappa shape index (κ2) is 8.44. The molecule has 27 heavy (non-hydrogen) atoms. The van der Waals surface area contributed by atoms with Crippen LogP contribution in [0.5, 0.6) is 17.2 Å². The van der Waals surface area contributed by atoms with Gasteiger partial charge in [0.1, 0.15) is 19.0 Å². The Morgan fingerprint density at radius 1 is 1.11 bits per heavy atom. The Labute approximate surface area is 156 Å². The summed E-state index contributed by atoms with van der Waals surface area (Å²) in [6, 6.07) is 11.2. The second-order valence-electron chi connectivity index (χ2n) is 5.98. The van der Waals surface area contributed by atoms with Crippen molar-refractivity contribution in [3.8, 4) is 17.2 Å². The molecular formula is C20H21NO6. The Kier molecular flexibility index (Phi) is 5.80. The molecule has 1 unspecified atom stereocenters. The number of hydrogen-bond donors (Lipinski definition) is 2. The van der Waals surface area contributed by atoms with E-state index in [2.05, 4.69) is 5.32 Å². The number of ether oxygens (including phenoxy) is 3. The normalized spacial score (nSPS) is 13.5. The number of carboxylic acid groups (broad SMARTS) is 1. The highest BCUT2D eigenvalue weighted by Gasteiger charge is 2.21. The topological polar surface area (TPSA) is 94.1 Å². The van der Waals surface area contributed by atoms with Crippen LogP contribution in [-0.4, -0.2) is 36.8 Å². The van der Waals surface area contributed by atoms with Crippen molar-refractivity contribution in [1.82, 2.24) is 5.32 Å². The largest absolute Gasteiger partial charge is 0.494 e. The van der Waals surface area contributed by atoms with Gasteiger partial charge in [0.2, 0.25) is 0 Å². The van der Waals surface area contributed by atoms with Crippen LogP contribution in [0.25, 0.3) is 0 Å². The lowest BCUT2D eigenvalue weighted by Gasteiger charge is -2.20. The van der Waals surface area contributed by atoms with Gasteiger partial charge in [0.15, 0.2) is 11.5 Å². The maximum absolute atomic E-state index is 12.6. The summed E-state index contributed by atoms with van der Waals surface area (Å²) in [5, 5.41) is 12.0. The maximum Gasteiger partial charge on any atom is 0.305 e. The minimum Gasteiger partial charge on any atom is -0.494 e. The summed E-state index contributed by atoms with van der Waals surface area (Å²) in [4.78, 5) is 23.9. The SMILES string of the molecule is CCOc1ccc(C(CC(=O)O)NC(=O)c2ccc3c(c2)OCCO3)cc1. The van der Waals surface area contributed by atoms with E-state index in [0.717, 1.165) is 0 Å². The van der Waals surface area contributed by atoms with E-state index in [0.29, 0.717) is 48.2 Å². The molecule has 0 saturated heterocycles. The first-order chi connectivity index (χ1) is 13.1. The van der Waals surface area contributed by atoms with Gasteiger partial charge in [-0.2, -0.15) is 0 Å². The van der Waals surface area contributed by atoms with Crippen LogP contribution in [0.15, 0.2) is 42.5 Å². The number of carboxylic acids is 1. The molecule has 1 atom stereocenters. The molecule has 1 heterocycles. The first kappa shape index (κ1) is 18.6. The van der Waals surface area contributed by atoms with Crippen molar-refractivity contribution < 1.29 is 28.9 Å². The van der Waals surface area contributed by atoms with Gasteiger partial charge in [-0.3, -0.25) is 9.59 Å². The highest BCUT2D eigenvalue weighted by atomic mass is 16.6. The Morgan fingerprint density at radius 2 is 1.81 bits per heavy atom. The van der Waals surface area contributed by atoms with E-state index in [9.17, 15) is 14.7 Å². The first-order valence-corrected chi connectivity index (χ1v) is 8.72. The lowest BCUT2D eigenvalue weighted by atomic mass is 10.0. The summed E-state index contributed by atoms with van der Waals surface area (Å²) >= 11 is 0. The standard InChI is InChI=1S/C20H21NO6/c1-2-25-15-6-3-13(4-7-15)16(12-19(22)23)21-20(24)14-5-8-17-18(11-14)27-10-9-26-17/h3-8,11,16H,2,9-10,12H2,1H3,(H,21,24)(H,22,23). The van der Waals surface area contributed by atoms with Gasteiger partial charge >= 0.3 is 5.97 Å². The minimum atomic E-state index is -1.00. The zero-order valence-corrected chi connectivity index (χ0v) is 14.9. The molecule has 2 aromatic rings. The van der Waals surface area contributed by atoms with Crippen LogP contribution in [-0.2, 0) is 4.79 Å². The van der Waals surface area contributed by atoms with Crippen LogP contribution in [0.2, 0.25) is 0 Å². The fraction of sp³-hybridized carbons (Fsp3) is 0.300. The third-order valence-corrected chi connectivity index (χ3v) is 4.08. The average molecular weight is 371 g/mol. The molecular weight excluding hydrogens is 350 g/mol. The highest BCUT2D eigenvalue weighted by Crippen LogP contribution is 2.31. The van der Waals surface area contributed by atoms with Gasteiger partial charge in [-0.1, -0.05) is 12.1 Å². The predicted octanol–water partition coefficient (Wildman–Crippen LogP) is 2.80. The summed E-state index contributed by atoms with van der Waals surface area (Å²) in [5.41, 5.74) is 1.06. The summed E-state index contributed by atoms with van der Waals surface area (Å²) in [6.07, 6.45) is -0.232. The van der Waals surface area contributed by atoms with E-state index in [-0.39, 0.29) is 12.3 Å². The second-order valence-corrected chi connectivity index (χ2v) is 5.98. The molecule has 0 aromatic heterocycles. The van der Waals surface area contributed by atoms with Crippen molar-refractivity contribution in [2.75, 3.05) is 19.8 Å². The van der Waals surface area contributed by atoms with Crippen molar-refractivity contribution in [2.24, 2.45) is 0 Å². The van der Waals surface area contributed by atoms with E-state index >= 15 is 0 Å². The van der Waals surface area contributed by atoms with Gasteiger partial charge in [-0.05, 0) is 42.8 Å². The molecule has 0 saturated carbocycles. The summed E-state index contributed by atoms with van der Waals surface area (Å²) < 4.78 is 16.3. The quantitative estimate of drug-likeness (QED) is 0.777. The third kappa shape index (κ3) is 4.69. The van der Waals surface area contributed by atoms with Crippen LogP contribution in [0, 0.1) is 0 Å². The van der Waals surface area contributed by atoms with Gasteiger partial charge in [-0.25, -0.2) is 0 Å². The Balaban J connectivity index is 1.77. The zero-order chi connectivity index (χ0) is 19.2. The molecule has 1 aliphatic heterocycles. The van der Waals surface area contributed by atoms with Gasteiger partial charge in [0.25, 0.3) is 5.91 Å². The van der Waals surface area contributed by atoms with Gasteiger partial charge in [-0.15, -0.1) is 0 Å². The zero-order valence-electron chi connectivity index (χ0n) is 14.9. The molecule has 1 amide bonds. The van der Waals surface area contributed by atoms with Crippen molar-refractivity contribution in [3.63, 3.8) is 0 Å². The van der Waals surface area contributed by atoms with Crippen LogP contribution in [0.3, 0.4) is 0 Å². The lowest BCUT2D eigenvalue weighted by Crippen LogP contribution is -2.30. The number of amides is 1. The van der Waals surface area contributed by atoms with E-state index in [1.807, 2.05) is 6.92 Å². The molecule has 7 nitrogen and oxygen atoms in total. The Morgan fingerprint density at radius 3 is 2.48 bits per heavy atom. The number of benzene rings is 2. The van der Waals surface area contributed by atoms with Crippen LogP contribution >= 0.6 is 0 Å². The number of carbonyl (C=O) groups is 2. The minimum absolute atomic E-state index is 0.232. The Hall–Kier alpha value is -3.22. The van der Waals surface area contributed by atoms with Gasteiger partial charge in [0.05, 0.1) is 19.1 Å². The molecule has 2 aromatic carbocycles. The molecule has 0 spiro atoms. The third-order valence-electron chi connectivity index (χ3n) is 4.08. The number of aliphatic carboxylic acids is 1. The molecule has 0 radical (unpaired) electrons. The molecule has 7 heteroatoms. The van der Waals surface area contributed by atoms with Crippen molar-refractivity contribution in [3.05, 3.63) is 53.6 Å². The van der Waals surface area contributed by atoms with E-state index in [1.54, 1.807) is 42.5 Å². The fourth-order valence-electron chi connectivity index (χ4n) is 2.82. The summed E-state index contributed by atoms with van der Waals surface area (Å²) in [7, 11) is 0. The molecule has 142 valence electrons. The molecule has 0 fully saturated rings. The van der Waals surface area contributed by atoms with Crippen LogP contribution in [0.1, 0.15) is 35.3 Å². The van der Waals surface area contributed by atoms with Gasteiger partial charge in [0, 0.05) is 5.56 Å². The van der Waals surface area contributed by atoms with Crippen molar-refractivity contribution in [1.29, 1.82) is 0 Å². The molecule has 0 aliphatic carbocycles. The Bertz CT molecular complexity index is 818. The number of carbonyl (C=O) groups excluding carboxylic acids is 1. The van der Waals surface area contributed by atoms with Crippen LogP contribution < -0.4 is 19.5 Å². The predicted molar refractivity (Wildman–Crippen MR) is 97.5 cm³/mol. The fourth-order valence-corrected chi connectivity index (χ4v) is 2.82. The lowest BCUT2D eigenvalue weighted by molar-refractivity contribution is -0.137. The highest BCUT2D eigenvalue weighted by molar-refractivity contribution is 5.95. The number of rotatable bonds is 7. The van der Waals surface area contributed by atoms with Crippen LogP contribution in [0.4, 0.5) is 0 Å². The number of nitrogens with one attached hydrogen (secondary N) is 1.